The summed E-state index contributed by atoms with van der Waals surface area (Å²) in [5, 5.41) is 0. The smallest absolute Gasteiger partial charge is 0.0171 e. The first-order valence-electron chi connectivity index (χ1n) is 6.18. The summed E-state index contributed by atoms with van der Waals surface area (Å²) in [5.74, 6) is 0.762. The average Bonchev–Trinajstić information content (AvgIpc) is 2.25. The summed E-state index contributed by atoms with van der Waals surface area (Å²) in [6.45, 7) is 10.2. The van der Waals surface area contributed by atoms with Crippen molar-refractivity contribution in [1.29, 1.82) is 0 Å². The van der Waals surface area contributed by atoms with Crippen molar-refractivity contribution in [2.75, 3.05) is 0 Å². The fraction of sp³-hybridized carbons (Fsp3) is 0.600. The summed E-state index contributed by atoms with van der Waals surface area (Å²) >= 11 is 0. The maximum absolute atomic E-state index is 4.19. The van der Waals surface area contributed by atoms with Gasteiger partial charge >= 0.3 is 0 Å². The fourth-order valence-corrected chi connectivity index (χ4v) is 2.21. The van der Waals surface area contributed by atoms with Crippen molar-refractivity contribution in [2.24, 2.45) is 5.92 Å². The van der Waals surface area contributed by atoms with E-state index in [1.54, 1.807) is 0 Å². The second kappa shape index (κ2) is 6.66. The minimum absolute atomic E-state index is 0.762. The predicted octanol–water partition coefficient (Wildman–Crippen LogP) is 5.04. The highest BCUT2D eigenvalue weighted by atomic mass is 14.2. The van der Waals surface area contributed by atoms with Crippen molar-refractivity contribution < 1.29 is 0 Å². The minimum atomic E-state index is 0.762. The molecule has 0 aromatic rings. The van der Waals surface area contributed by atoms with E-state index in [0.717, 1.165) is 12.3 Å². The Morgan fingerprint density at radius 3 is 2.93 bits per heavy atom. The van der Waals surface area contributed by atoms with Gasteiger partial charge in [-0.2, -0.15) is 0 Å². The molecule has 1 atom stereocenters. The third-order valence-electron chi connectivity index (χ3n) is 3.37. The van der Waals surface area contributed by atoms with Gasteiger partial charge in [-0.15, -0.1) is 6.58 Å². The summed E-state index contributed by atoms with van der Waals surface area (Å²) in [6.07, 6.45) is 13.2. The van der Waals surface area contributed by atoms with Crippen LogP contribution < -0.4 is 0 Å². The Hall–Kier alpha value is -0.780. The van der Waals surface area contributed by atoms with Crippen LogP contribution in [0.2, 0.25) is 0 Å². The second-order valence-corrected chi connectivity index (χ2v) is 4.71. The molecule has 0 bridgehead atoms. The van der Waals surface area contributed by atoms with Gasteiger partial charge in [0.05, 0.1) is 0 Å². The molecule has 1 aliphatic rings. The highest BCUT2D eigenvalue weighted by Gasteiger charge is 2.15. The third-order valence-corrected chi connectivity index (χ3v) is 3.37. The van der Waals surface area contributed by atoms with Gasteiger partial charge in [-0.1, -0.05) is 36.3 Å². The van der Waals surface area contributed by atoms with E-state index in [0.29, 0.717) is 0 Å². The quantitative estimate of drug-likeness (QED) is 0.551. The first-order chi connectivity index (χ1) is 7.24. The van der Waals surface area contributed by atoms with E-state index < -0.39 is 0 Å². The van der Waals surface area contributed by atoms with E-state index in [-0.39, 0.29) is 0 Å². The molecule has 15 heavy (non-hydrogen) atoms. The normalized spacial score (nSPS) is 22.9. The van der Waals surface area contributed by atoms with Crippen LogP contribution >= 0.6 is 0 Å². The lowest BCUT2D eigenvalue weighted by molar-refractivity contribution is 0.457. The molecule has 1 rings (SSSR count). The largest absolute Gasteiger partial charge is 0.103 e. The Kier molecular flexibility index (Phi) is 5.45. The van der Waals surface area contributed by atoms with Crippen LogP contribution in [-0.4, -0.2) is 0 Å². The zero-order valence-corrected chi connectivity index (χ0v) is 10.1. The SMILES string of the molecule is C=CCC/C(C)=C/CC1CCCCC1=C. The highest BCUT2D eigenvalue weighted by Crippen LogP contribution is 2.31. The van der Waals surface area contributed by atoms with Crippen LogP contribution in [0.5, 0.6) is 0 Å². The van der Waals surface area contributed by atoms with E-state index in [9.17, 15) is 0 Å². The zero-order valence-electron chi connectivity index (χ0n) is 10.1. The van der Waals surface area contributed by atoms with Gasteiger partial charge in [0.1, 0.15) is 0 Å². The molecule has 0 heterocycles. The van der Waals surface area contributed by atoms with Crippen molar-refractivity contribution in [3.8, 4) is 0 Å². The van der Waals surface area contributed by atoms with Crippen LogP contribution in [0.3, 0.4) is 0 Å². The first-order valence-corrected chi connectivity index (χ1v) is 6.18. The predicted molar refractivity (Wildman–Crippen MR) is 68.9 cm³/mol. The van der Waals surface area contributed by atoms with E-state index in [4.69, 9.17) is 0 Å². The average molecular weight is 204 g/mol. The van der Waals surface area contributed by atoms with Crippen LogP contribution in [0.15, 0.2) is 36.5 Å². The van der Waals surface area contributed by atoms with Gasteiger partial charge in [-0.05, 0) is 51.4 Å². The Bertz CT molecular complexity index is 245. The van der Waals surface area contributed by atoms with Crippen molar-refractivity contribution in [3.63, 3.8) is 0 Å². The number of hydrogen-bond donors (Lipinski definition) is 0. The minimum Gasteiger partial charge on any atom is -0.103 e. The van der Waals surface area contributed by atoms with Crippen LogP contribution in [0, 0.1) is 5.92 Å². The standard InChI is InChI=1S/C15H24/c1-4-5-8-13(2)11-12-15-10-7-6-9-14(15)3/h4,11,15H,1,3,5-10,12H2,2H3/b13-11+. The van der Waals surface area contributed by atoms with Crippen LogP contribution in [0.4, 0.5) is 0 Å². The van der Waals surface area contributed by atoms with Gasteiger partial charge < -0.3 is 0 Å². The van der Waals surface area contributed by atoms with Gasteiger partial charge in [0.15, 0.2) is 0 Å². The number of hydrogen-bond acceptors (Lipinski definition) is 0. The maximum atomic E-state index is 4.19. The third kappa shape index (κ3) is 4.51. The lowest BCUT2D eigenvalue weighted by Crippen LogP contribution is -2.08. The molecule has 0 spiro atoms. The van der Waals surface area contributed by atoms with E-state index in [1.807, 2.05) is 6.08 Å². The lowest BCUT2D eigenvalue weighted by atomic mass is 9.83. The van der Waals surface area contributed by atoms with Crippen molar-refractivity contribution in [3.05, 3.63) is 36.5 Å². The lowest BCUT2D eigenvalue weighted by Gasteiger charge is -2.23. The van der Waals surface area contributed by atoms with Gasteiger partial charge in [-0.3, -0.25) is 0 Å². The van der Waals surface area contributed by atoms with E-state index in [1.165, 1.54) is 49.7 Å². The van der Waals surface area contributed by atoms with E-state index >= 15 is 0 Å². The summed E-state index contributed by atoms with van der Waals surface area (Å²) in [7, 11) is 0. The highest BCUT2D eigenvalue weighted by molar-refractivity contribution is 5.08. The fourth-order valence-electron chi connectivity index (χ4n) is 2.21. The number of allylic oxidation sites excluding steroid dienone is 4. The van der Waals surface area contributed by atoms with Crippen LogP contribution in [-0.2, 0) is 0 Å². The molecule has 0 nitrogen and oxygen atoms in total. The molecular weight excluding hydrogens is 180 g/mol. The summed E-state index contributed by atoms with van der Waals surface area (Å²) < 4.78 is 0. The summed E-state index contributed by atoms with van der Waals surface area (Å²) in [4.78, 5) is 0. The maximum Gasteiger partial charge on any atom is -0.0171 e. The summed E-state index contributed by atoms with van der Waals surface area (Å²) in [6, 6.07) is 0. The molecule has 1 fully saturated rings. The topological polar surface area (TPSA) is 0 Å². The Morgan fingerprint density at radius 2 is 2.27 bits per heavy atom. The van der Waals surface area contributed by atoms with Gasteiger partial charge in [0.2, 0.25) is 0 Å². The Labute approximate surface area is 94.8 Å². The molecule has 0 aliphatic heterocycles. The van der Waals surface area contributed by atoms with Gasteiger partial charge in [-0.25, -0.2) is 0 Å². The molecule has 1 aliphatic carbocycles. The van der Waals surface area contributed by atoms with Crippen LogP contribution in [0.1, 0.15) is 51.9 Å². The van der Waals surface area contributed by atoms with Crippen molar-refractivity contribution in [2.45, 2.75) is 51.9 Å². The monoisotopic (exact) mass is 204 g/mol. The second-order valence-electron chi connectivity index (χ2n) is 4.71. The zero-order chi connectivity index (χ0) is 11.1. The molecule has 0 aromatic heterocycles. The molecule has 0 N–H and O–H groups in total. The molecule has 0 heteroatoms. The summed E-state index contributed by atoms with van der Waals surface area (Å²) in [5.41, 5.74) is 2.99. The molecule has 0 radical (unpaired) electrons. The van der Waals surface area contributed by atoms with Crippen LogP contribution in [0.25, 0.3) is 0 Å². The molecule has 1 saturated carbocycles. The van der Waals surface area contributed by atoms with E-state index in [2.05, 4.69) is 26.2 Å². The Balaban J connectivity index is 2.33. The molecule has 84 valence electrons. The first kappa shape index (κ1) is 12.3. The molecule has 0 aromatic carbocycles. The van der Waals surface area contributed by atoms with Gasteiger partial charge in [0, 0.05) is 0 Å². The van der Waals surface area contributed by atoms with Gasteiger partial charge in [0.25, 0.3) is 0 Å². The van der Waals surface area contributed by atoms with Crippen molar-refractivity contribution >= 4 is 0 Å². The molecule has 0 saturated heterocycles. The Morgan fingerprint density at radius 1 is 1.47 bits per heavy atom. The molecule has 1 unspecified atom stereocenters. The number of rotatable bonds is 5. The molecule has 0 amide bonds. The van der Waals surface area contributed by atoms with Crippen molar-refractivity contribution in [1.82, 2.24) is 0 Å². The molecular formula is C15H24.